The largest absolute Gasteiger partial charge is 0.433 e. The third-order valence-electron chi connectivity index (χ3n) is 6.03. The Morgan fingerprint density at radius 3 is 2.53 bits per heavy atom. The quantitative estimate of drug-likeness (QED) is 0.563. The molecule has 0 N–H and O–H groups in total. The molecule has 5 heterocycles. The molecule has 0 amide bonds. The first-order valence-corrected chi connectivity index (χ1v) is 10.2. The number of nitrogens with zero attached hydrogens (tertiary/aromatic N) is 7. The van der Waals surface area contributed by atoms with E-state index in [4.69, 9.17) is 0 Å². The second-order valence-corrected chi connectivity index (χ2v) is 8.41. The van der Waals surface area contributed by atoms with Crippen molar-refractivity contribution in [3.63, 3.8) is 0 Å². The van der Waals surface area contributed by atoms with E-state index in [9.17, 15) is 22.0 Å². The topological polar surface area (TPSA) is 63.0 Å². The first kappa shape index (κ1) is 20.8. The van der Waals surface area contributed by atoms with Gasteiger partial charge in [-0.3, -0.25) is 0 Å². The van der Waals surface area contributed by atoms with E-state index in [1.165, 1.54) is 12.3 Å². The molecular weight excluding hydrogens is 433 g/mol. The maximum absolute atomic E-state index is 13.0. The second kappa shape index (κ2) is 7.52. The second-order valence-electron chi connectivity index (χ2n) is 8.41. The summed E-state index contributed by atoms with van der Waals surface area (Å²) in [7, 11) is 0. The van der Waals surface area contributed by atoms with Gasteiger partial charge in [-0.05, 0) is 25.0 Å². The lowest BCUT2D eigenvalue weighted by molar-refractivity contribution is -0.141. The third kappa shape index (κ3) is 3.82. The number of rotatable bonds is 4. The van der Waals surface area contributed by atoms with Crippen LogP contribution in [0.5, 0.6) is 0 Å². The molecule has 3 aromatic heterocycles. The van der Waals surface area contributed by atoms with Gasteiger partial charge >= 0.3 is 6.18 Å². The first-order valence-electron chi connectivity index (χ1n) is 10.2. The molecular formula is C20H20F5N7. The van der Waals surface area contributed by atoms with Crippen molar-refractivity contribution in [1.29, 1.82) is 0 Å². The van der Waals surface area contributed by atoms with Crippen LogP contribution in [0.4, 0.5) is 33.6 Å². The number of hydrogen-bond acceptors (Lipinski definition) is 6. The summed E-state index contributed by atoms with van der Waals surface area (Å²) in [4.78, 5) is 16.5. The van der Waals surface area contributed by atoms with E-state index < -0.39 is 24.8 Å². The summed E-state index contributed by atoms with van der Waals surface area (Å²) in [6.07, 6.45) is -2.17. The van der Waals surface area contributed by atoms with Gasteiger partial charge in [0.2, 0.25) is 0 Å². The van der Waals surface area contributed by atoms with Crippen molar-refractivity contribution >= 4 is 22.8 Å². The molecule has 0 atom stereocenters. The monoisotopic (exact) mass is 453 g/mol. The SMILES string of the molecule is FC(F)Cn1ncc2ncc(N3CCCC4(CN(c5cccc(C(F)(F)F)n5)C4)C3)nc21. The number of alkyl halides is 5. The molecule has 170 valence electrons. The zero-order chi connectivity index (χ0) is 22.5. The van der Waals surface area contributed by atoms with Gasteiger partial charge in [0.25, 0.3) is 6.43 Å². The molecule has 7 nitrogen and oxygen atoms in total. The van der Waals surface area contributed by atoms with Crippen molar-refractivity contribution in [1.82, 2.24) is 24.7 Å². The molecule has 12 heteroatoms. The van der Waals surface area contributed by atoms with Crippen molar-refractivity contribution in [2.45, 2.75) is 32.0 Å². The van der Waals surface area contributed by atoms with E-state index in [0.29, 0.717) is 42.4 Å². The highest BCUT2D eigenvalue weighted by atomic mass is 19.4. The lowest BCUT2D eigenvalue weighted by atomic mass is 9.73. The van der Waals surface area contributed by atoms with Gasteiger partial charge in [-0.2, -0.15) is 18.3 Å². The number of halogens is 5. The van der Waals surface area contributed by atoms with Gasteiger partial charge in [-0.25, -0.2) is 28.4 Å². The zero-order valence-electron chi connectivity index (χ0n) is 16.9. The van der Waals surface area contributed by atoms with Crippen molar-refractivity contribution < 1.29 is 22.0 Å². The molecule has 1 spiro atoms. The van der Waals surface area contributed by atoms with Crippen LogP contribution in [0.2, 0.25) is 0 Å². The fraction of sp³-hybridized carbons (Fsp3) is 0.500. The molecule has 0 radical (unpaired) electrons. The van der Waals surface area contributed by atoms with Crippen molar-refractivity contribution in [2.24, 2.45) is 5.41 Å². The predicted octanol–water partition coefficient (Wildman–Crippen LogP) is 3.61. The number of hydrogen-bond donors (Lipinski definition) is 0. The standard InChI is InChI=1S/C20H20F5N7/c21-15(22)9-32-18-13(7-27-32)26-8-17(29-18)30-6-2-5-19(10-30)11-31(12-19)16-4-1-3-14(28-16)20(23,24)25/h1,3-4,7-8,15H,2,5-6,9-12H2. The average molecular weight is 453 g/mol. The highest BCUT2D eigenvalue weighted by molar-refractivity contribution is 5.71. The molecule has 2 fully saturated rings. The third-order valence-corrected chi connectivity index (χ3v) is 6.03. The van der Waals surface area contributed by atoms with E-state index in [0.717, 1.165) is 30.1 Å². The normalized spacial score (nSPS) is 18.6. The minimum Gasteiger partial charge on any atom is -0.355 e. The summed E-state index contributed by atoms with van der Waals surface area (Å²) in [6.45, 7) is 2.04. The summed E-state index contributed by atoms with van der Waals surface area (Å²) in [5.74, 6) is 0.905. The Balaban J connectivity index is 1.32. The number of fused-ring (bicyclic) bond motifs is 1. The average Bonchev–Trinajstić information content (AvgIpc) is 3.13. The predicted molar refractivity (Wildman–Crippen MR) is 107 cm³/mol. The minimum atomic E-state index is -4.48. The Kier molecular flexibility index (Phi) is 4.90. The molecule has 0 aromatic carbocycles. The molecule has 32 heavy (non-hydrogen) atoms. The van der Waals surface area contributed by atoms with Crippen LogP contribution >= 0.6 is 0 Å². The van der Waals surface area contributed by atoms with Crippen LogP contribution in [-0.2, 0) is 12.7 Å². The fourth-order valence-corrected chi connectivity index (χ4v) is 4.60. The molecule has 0 bridgehead atoms. The summed E-state index contributed by atoms with van der Waals surface area (Å²) in [5, 5.41) is 3.94. The molecule has 2 saturated heterocycles. The van der Waals surface area contributed by atoms with Crippen molar-refractivity contribution in [2.75, 3.05) is 36.0 Å². The van der Waals surface area contributed by atoms with Gasteiger partial charge in [0.15, 0.2) is 5.65 Å². The molecule has 2 aliphatic rings. The molecule has 5 rings (SSSR count). The van der Waals surface area contributed by atoms with Gasteiger partial charge in [0.1, 0.15) is 29.4 Å². The van der Waals surface area contributed by atoms with Crippen LogP contribution in [0.25, 0.3) is 11.2 Å². The number of anilines is 2. The lowest BCUT2D eigenvalue weighted by Crippen LogP contribution is -2.63. The van der Waals surface area contributed by atoms with E-state index in [1.807, 2.05) is 4.90 Å². The summed E-state index contributed by atoms with van der Waals surface area (Å²) >= 11 is 0. The van der Waals surface area contributed by atoms with E-state index in [2.05, 4.69) is 25.0 Å². The first-order chi connectivity index (χ1) is 15.2. The Morgan fingerprint density at radius 2 is 1.78 bits per heavy atom. The van der Waals surface area contributed by atoms with Crippen molar-refractivity contribution in [3.8, 4) is 0 Å². The maximum atomic E-state index is 13.0. The van der Waals surface area contributed by atoms with Gasteiger partial charge < -0.3 is 9.80 Å². The molecule has 3 aromatic rings. The molecule has 0 saturated carbocycles. The van der Waals surface area contributed by atoms with Crippen LogP contribution in [0.15, 0.2) is 30.6 Å². The van der Waals surface area contributed by atoms with Gasteiger partial charge in [0.05, 0.1) is 12.4 Å². The Labute approximate surface area is 179 Å². The number of pyridine rings is 1. The van der Waals surface area contributed by atoms with E-state index in [1.54, 1.807) is 12.3 Å². The van der Waals surface area contributed by atoms with Gasteiger partial charge in [-0.15, -0.1) is 0 Å². The molecule has 0 aliphatic carbocycles. The van der Waals surface area contributed by atoms with Crippen LogP contribution in [0.3, 0.4) is 0 Å². The van der Waals surface area contributed by atoms with Gasteiger partial charge in [0, 0.05) is 31.6 Å². The Hall–Kier alpha value is -3.05. The maximum Gasteiger partial charge on any atom is 0.433 e. The number of aromatic nitrogens is 5. The van der Waals surface area contributed by atoms with Crippen LogP contribution in [0, 0.1) is 5.41 Å². The smallest absolute Gasteiger partial charge is 0.355 e. The highest BCUT2D eigenvalue weighted by Crippen LogP contribution is 2.42. The lowest BCUT2D eigenvalue weighted by Gasteiger charge is -2.55. The number of piperidine rings is 1. The van der Waals surface area contributed by atoms with Crippen molar-refractivity contribution in [3.05, 3.63) is 36.3 Å². The molecule has 0 unspecified atom stereocenters. The Morgan fingerprint density at radius 1 is 1.00 bits per heavy atom. The summed E-state index contributed by atoms with van der Waals surface area (Å²) in [6, 6.07) is 3.93. The van der Waals surface area contributed by atoms with E-state index >= 15 is 0 Å². The van der Waals surface area contributed by atoms with Gasteiger partial charge in [-0.1, -0.05) is 6.07 Å². The van der Waals surface area contributed by atoms with Crippen LogP contribution in [0.1, 0.15) is 18.5 Å². The highest BCUT2D eigenvalue weighted by Gasteiger charge is 2.47. The summed E-state index contributed by atoms with van der Waals surface area (Å²) < 4.78 is 65.7. The van der Waals surface area contributed by atoms with Crippen LogP contribution in [-0.4, -0.2) is 57.3 Å². The fourth-order valence-electron chi connectivity index (χ4n) is 4.60. The Bertz CT molecular complexity index is 1120. The minimum absolute atomic E-state index is 0.0893. The van der Waals surface area contributed by atoms with Crippen LogP contribution < -0.4 is 9.80 Å². The zero-order valence-corrected chi connectivity index (χ0v) is 16.9. The molecule has 2 aliphatic heterocycles. The van der Waals surface area contributed by atoms with E-state index in [-0.39, 0.29) is 5.41 Å². The summed E-state index contributed by atoms with van der Waals surface area (Å²) in [5.41, 5.74) is -0.226.